The molecule has 0 radical (unpaired) electrons. The van der Waals surface area contributed by atoms with Crippen molar-refractivity contribution in [2.75, 3.05) is 6.54 Å². The summed E-state index contributed by atoms with van der Waals surface area (Å²) in [5.74, 6) is 4.58. The average molecular weight is 368 g/mol. The molecule has 0 aromatic heterocycles. The molecule has 0 bridgehead atoms. The summed E-state index contributed by atoms with van der Waals surface area (Å²) in [5.41, 5.74) is 5.78. The Bertz CT molecular complexity index is 288. The van der Waals surface area contributed by atoms with Crippen LogP contribution >= 0.6 is 0 Å². The van der Waals surface area contributed by atoms with E-state index in [2.05, 4.69) is 41.5 Å². The van der Waals surface area contributed by atoms with Gasteiger partial charge in [0.25, 0.3) is 0 Å². The van der Waals surface area contributed by atoms with Crippen LogP contribution in [0.5, 0.6) is 0 Å². The minimum Gasteiger partial charge on any atom is -0.330 e. The normalized spacial score (nSPS) is 17.7. The molecule has 0 aromatic carbocycles. The minimum atomic E-state index is 0.861. The second-order valence-corrected chi connectivity index (χ2v) is 9.28. The van der Waals surface area contributed by atoms with E-state index >= 15 is 0 Å². The summed E-state index contributed by atoms with van der Waals surface area (Å²) in [4.78, 5) is 0. The topological polar surface area (TPSA) is 26.0 Å². The second kappa shape index (κ2) is 17.1. The summed E-state index contributed by atoms with van der Waals surface area (Å²) >= 11 is 0. The summed E-state index contributed by atoms with van der Waals surface area (Å²) in [5, 5.41) is 0. The molecule has 158 valence electrons. The van der Waals surface area contributed by atoms with E-state index < -0.39 is 0 Å². The molecule has 0 saturated heterocycles. The van der Waals surface area contributed by atoms with Gasteiger partial charge < -0.3 is 5.73 Å². The van der Waals surface area contributed by atoms with Gasteiger partial charge in [-0.05, 0) is 49.0 Å². The first-order valence-corrected chi connectivity index (χ1v) is 12.2. The maximum Gasteiger partial charge on any atom is -0.00746 e. The van der Waals surface area contributed by atoms with Crippen LogP contribution in [-0.2, 0) is 0 Å². The highest BCUT2D eigenvalue weighted by Crippen LogP contribution is 2.34. The number of nitrogens with two attached hydrogens (primary N) is 1. The maximum absolute atomic E-state index is 5.78. The predicted molar refractivity (Wildman–Crippen MR) is 121 cm³/mol. The van der Waals surface area contributed by atoms with Crippen LogP contribution in [0.15, 0.2) is 0 Å². The Kier molecular flexibility index (Phi) is 17.1. The van der Waals surface area contributed by atoms with Crippen LogP contribution in [0, 0.1) is 29.6 Å². The first-order valence-electron chi connectivity index (χ1n) is 12.2. The fourth-order valence-corrected chi connectivity index (χ4v) is 4.83. The summed E-state index contributed by atoms with van der Waals surface area (Å²) < 4.78 is 0. The van der Waals surface area contributed by atoms with Crippen molar-refractivity contribution in [3.05, 3.63) is 0 Å². The highest BCUT2D eigenvalue weighted by Gasteiger charge is 2.22. The van der Waals surface area contributed by atoms with Gasteiger partial charge in [-0.2, -0.15) is 0 Å². The molecular formula is C25H53N. The molecule has 0 saturated carbocycles. The van der Waals surface area contributed by atoms with E-state index in [1.165, 1.54) is 83.5 Å². The van der Waals surface area contributed by atoms with Crippen LogP contribution < -0.4 is 5.73 Å². The van der Waals surface area contributed by atoms with Crippen molar-refractivity contribution < 1.29 is 0 Å². The monoisotopic (exact) mass is 367 g/mol. The Morgan fingerprint density at radius 1 is 0.615 bits per heavy atom. The van der Waals surface area contributed by atoms with Crippen LogP contribution in [0.2, 0.25) is 0 Å². The van der Waals surface area contributed by atoms with Gasteiger partial charge in [-0.1, -0.05) is 112 Å². The molecule has 0 aliphatic rings. The van der Waals surface area contributed by atoms with Crippen LogP contribution in [0.3, 0.4) is 0 Å². The van der Waals surface area contributed by atoms with E-state index in [0.29, 0.717) is 0 Å². The van der Waals surface area contributed by atoms with Crippen LogP contribution in [0.1, 0.15) is 125 Å². The highest BCUT2D eigenvalue weighted by atomic mass is 14.5. The Morgan fingerprint density at radius 3 is 1.81 bits per heavy atom. The Hall–Kier alpha value is -0.0400. The summed E-state index contributed by atoms with van der Waals surface area (Å²) in [6.07, 6.45) is 18.1. The van der Waals surface area contributed by atoms with Crippen LogP contribution in [-0.4, -0.2) is 6.54 Å². The van der Waals surface area contributed by atoms with Gasteiger partial charge in [-0.3, -0.25) is 0 Å². The molecule has 0 aromatic rings. The molecule has 0 rings (SSSR count). The summed E-state index contributed by atoms with van der Waals surface area (Å²) in [6, 6.07) is 0. The van der Waals surface area contributed by atoms with Gasteiger partial charge >= 0.3 is 0 Å². The Morgan fingerprint density at radius 2 is 1.27 bits per heavy atom. The quantitative estimate of drug-likeness (QED) is 0.259. The van der Waals surface area contributed by atoms with E-state index in [1.54, 1.807) is 0 Å². The van der Waals surface area contributed by atoms with Crippen molar-refractivity contribution in [2.24, 2.45) is 35.3 Å². The van der Waals surface area contributed by atoms with E-state index in [1.807, 2.05) is 0 Å². The molecule has 26 heavy (non-hydrogen) atoms. The molecule has 5 atom stereocenters. The van der Waals surface area contributed by atoms with Gasteiger partial charge in [-0.15, -0.1) is 0 Å². The lowest BCUT2D eigenvalue weighted by Gasteiger charge is -2.29. The van der Waals surface area contributed by atoms with Crippen molar-refractivity contribution in [2.45, 2.75) is 125 Å². The molecule has 4 unspecified atom stereocenters. The second-order valence-electron chi connectivity index (χ2n) is 9.28. The van der Waals surface area contributed by atoms with E-state index in [4.69, 9.17) is 5.73 Å². The van der Waals surface area contributed by atoms with Gasteiger partial charge in [-0.25, -0.2) is 0 Å². The van der Waals surface area contributed by atoms with E-state index in [0.717, 1.165) is 36.1 Å². The number of hydrogen-bond donors (Lipinski definition) is 1. The molecule has 1 heteroatoms. The zero-order valence-corrected chi connectivity index (χ0v) is 19.4. The van der Waals surface area contributed by atoms with Crippen molar-refractivity contribution in [1.29, 1.82) is 0 Å². The highest BCUT2D eigenvalue weighted by molar-refractivity contribution is 4.73. The molecule has 0 aliphatic carbocycles. The zero-order valence-electron chi connectivity index (χ0n) is 19.4. The van der Waals surface area contributed by atoms with Gasteiger partial charge in [0.1, 0.15) is 0 Å². The van der Waals surface area contributed by atoms with Crippen molar-refractivity contribution in [1.82, 2.24) is 0 Å². The first kappa shape index (κ1) is 26.0. The van der Waals surface area contributed by atoms with Gasteiger partial charge in [0.15, 0.2) is 0 Å². The minimum absolute atomic E-state index is 0.861. The van der Waals surface area contributed by atoms with Gasteiger partial charge in [0.2, 0.25) is 0 Å². The standard InChI is InChI=1S/C25H53N/c1-7-13-22(6)14-11-17-25(20-21(5)8-2)24(10-4)16-12-15-23(9-3)18-19-26/h21-25H,7-20,26H2,1-6H3/t21?,22?,23-,24?,25?/m1/s1. The SMILES string of the molecule is CCCC(C)CCCC(CC(C)CC)C(CC)CCC[C@@H](CC)CCN. The molecule has 0 fully saturated rings. The average Bonchev–Trinajstić information content (AvgIpc) is 2.63. The van der Waals surface area contributed by atoms with Gasteiger partial charge in [0, 0.05) is 0 Å². The van der Waals surface area contributed by atoms with Gasteiger partial charge in [0.05, 0.1) is 0 Å². The lowest BCUT2D eigenvalue weighted by Crippen LogP contribution is -2.18. The fourth-order valence-electron chi connectivity index (χ4n) is 4.83. The molecule has 0 amide bonds. The predicted octanol–water partition coefficient (Wildman–Crippen LogP) is 8.22. The van der Waals surface area contributed by atoms with Crippen molar-refractivity contribution in [3.8, 4) is 0 Å². The fraction of sp³-hybridized carbons (Fsp3) is 1.00. The third-order valence-corrected chi connectivity index (χ3v) is 6.99. The molecule has 1 nitrogen and oxygen atoms in total. The van der Waals surface area contributed by atoms with Crippen LogP contribution in [0.25, 0.3) is 0 Å². The number of rotatable bonds is 18. The Labute approximate surface area is 167 Å². The van der Waals surface area contributed by atoms with Crippen LogP contribution in [0.4, 0.5) is 0 Å². The molecule has 2 N–H and O–H groups in total. The third-order valence-electron chi connectivity index (χ3n) is 6.99. The van der Waals surface area contributed by atoms with E-state index in [9.17, 15) is 0 Å². The smallest absolute Gasteiger partial charge is 0.00746 e. The largest absolute Gasteiger partial charge is 0.330 e. The Balaban J connectivity index is 4.53. The molecule has 0 spiro atoms. The van der Waals surface area contributed by atoms with Crippen molar-refractivity contribution in [3.63, 3.8) is 0 Å². The summed E-state index contributed by atoms with van der Waals surface area (Å²) in [7, 11) is 0. The maximum atomic E-state index is 5.78. The molecular weight excluding hydrogens is 314 g/mol. The first-order chi connectivity index (χ1) is 12.5. The molecule has 0 heterocycles. The molecule has 0 aliphatic heterocycles. The van der Waals surface area contributed by atoms with E-state index in [-0.39, 0.29) is 0 Å². The lowest BCUT2D eigenvalue weighted by molar-refractivity contribution is 0.219. The third kappa shape index (κ3) is 12.4. The number of hydrogen-bond acceptors (Lipinski definition) is 1. The summed E-state index contributed by atoms with van der Waals surface area (Å²) in [6.45, 7) is 15.2. The zero-order chi connectivity index (χ0) is 19.8. The lowest BCUT2D eigenvalue weighted by atomic mass is 9.76. The van der Waals surface area contributed by atoms with Crippen molar-refractivity contribution >= 4 is 0 Å².